The van der Waals surface area contributed by atoms with Gasteiger partial charge in [-0.3, -0.25) is 14.9 Å². The summed E-state index contributed by atoms with van der Waals surface area (Å²) in [6.45, 7) is 4.38. The number of amides is 2. The minimum atomic E-state index is -4.52. The van der Waals surface area contributed by atoms with E-state index >= 15 is 0 Å². The number of nitriles is 1. The van der Waals surface area contributed by atoms with Gasteiger partial charge in [0.25, 0.3) is 5.91 Å². The lowest BCUT2D eigenvalue weighted by atomic mass is 9.81. The number of nitrogens with one attached hydrogen (secondary N) is 2. The predicted molar refractivity (Wildman–Crippen MR) is 124 cm³/mol. The highest BCUT2D eigenvalue weighted by molar-refractivity contribution is 6.40. The molecule has 0 aromatic carbocycles. The summed E-state index contributed by atoms with van der Waals surface area (Å²) in [5, 5.41) is 31.9. The Kier molecular flexibility index (Phi) is 13.3. The van der Waals surface area contributed by atoms with Crippen LogP contribution < -0.4 is 10.6 Å². The Bertz CT molecular complexity index is 758. The van der Waals surface area contributed by atoms with Gasteiger partial charge in [0.2, 0.25) is 5.91 Å². The van der Waals surface area contributed by atoms with Crippen LogP contribution in [0.3, 0.4) is 0 Å². The number of hydrogen-bond acceptors (Lipinski definition) is 7. The van der Waals surface area contributed by atoms with Gasteiger partial charge in [0.1, 0.15) is 17.7 Å². The molecule has 0 aliphatic carbocycles. The zero-order valence-electron chi connectivity index (χ0n) is 20.5. The van der Waals surface area contributed by atoms with Gasteiger partial charge in [0.05, 0.1) is 25.8 Å². The first-order valence-electron chi connectivity index (χ1n) is 11.8. The third kappa shape index (κ3) is 12.4. The molecule has 0 aromatic heterocycles. The molecule has 4 N–H and O–H groups in total. The van der Waals surface area contributed by atoms with Crippen molar-refractivity contribution in [1.82, 2.24) is 15.5 Å². The van der Waals surface area contributed by atoms with Gasteiger partial charge < -0.3 is 25.0 Å². The summed E-state index contributed by atoms with van der Waals surface area (Å²) in [4.78, 5) is 26.8. The number of nitrogens with zero attached hydrogens (tertiary/aromatic N) is 2. The molecule has 1 saturated heterocycles. The molecule has 1 rings (SSSR count). The molecule has 1 aliphatic rings. The number of alkyl halides is 3. The molecule has 0 spiro atoms. The molecule has 1 heterocycles. The van der Waals surface area contributed by atoms with E-state index in [1.807, 2.05) is 19.9 Å². The Hall–Kier alpha value is -2.14. The molecule has 0 saturated carbocycles. The fourth-order valence-electron chi connectivity index (χ4n) is 3.64. The molecular formula is C22H36BF3N4O5. The highest BCUT2D eigenvalue weighted by Crippen LogP contribution is 2.21. The lowest BCUT2D eigenvalue weighted by Crippen LogP contribution is -2.51. The monoisotopic (exact) mass is 504 g/mol. The maximum Gasteiger partial charge on any atom is 0.451 e. The summed E-state index contributed by atoms with van der Waals surface area (Å²) in [6, 6.07) is 0.306. The topological polar surface area (TPSA) is 135 Å². The van der Waals surface area contributed by atoms with Crippen LogP contribution in [-0.2, 0) is 14.3 Å². The Morgan fingerprint density at radius 2 is 2.00 bits per heavy atom. The van der Waals surface area contributed by atoms with Crippen LogP contribution >= 0.6 is 0 Å². The first-order valence-corrected chi connectivity index (χ1v) is 11.8. The highest BCUT2D eigenvalue weighted by Gasteiger charge is 2.33. The second kappa shape index (κ2) is 15.1. The number of halogens is 3. The van der Waals surface area contributed by atoms with Crippen LogP contribution in [0.4, 0.5) is 13.2 Å². The number of allylic oxidation sites excluding steroid dienone is 1. The predicted octanol–water partition coefficient (Wildman–Crippen LogP) is 1.24. The summed E-state index contributed by atoms with van der Waals surface area (Å²) in [5.41, 5.74) is 0.0406. The van der Waals surface area contributed by atoms with E-state index < -0.39 is 37.7 Å². The average Bonchev–Trinajstić information content (AvgIpc) is 3.23. The van der Waals surface area contributed by atoms with Crippen molar-refractivity contribution in [1.29, 1.82) is 5.26 Å². The number of ether oxygens (including phenoxy) is 1. The van der Waals surface area contributed by atoms with Crippen molar-refractivity contribution in [3.8, 4) is 6.07 Å². The minimum Gasteiger partial charge on any atom is -0.427 e. The van der Waals surface area contributed by atoms with Crippen LogP contribution in [0.15, 0.2) is 11.6 Å². The van der Waals surface area contributed by atoms with E-state index in [0.29, 0.717) is 25.8 Å². The molecule has 3 atom stereocenters. The fourth-order valence-corrected chi connectivity index (χ4v) is 3.64. The summed E-state index contributed by atoms with van der Waals surface area (Å²) in [7, 11) is -1.46. The van der Waals surface area contributed by atoms with Gasteiger partial charge in [0, 0.05) is 13.1 Å². The molecular weight excluding hydrogens is 468 g/mol. The van der Waals surface area contributed by atoms with Gasteiger partial charge in [-0.05, 0) is 31.0 Å². The molecule has 1 aliphatic heterocycles. The number of likely N-dealkylation sites (tertiary alicyclic amines) is 1. The number of carbonyl (C=O) groups is 2. The second-order valence-corrected chi connectivity index (χ2v) is 9.23. The van der Waals surface area contributed by atoms with Gasteiger partial charge in [-0.25, -0.2) is 0 Å². The van der Waals surface area contributed by atoms with Gasteiger partial charge in [-0.15, -0.1) is 0 Å². The first kappa shape index (κ1) is 30.9. The number of rotatable bonds is 14. The van der Waals surface area contributed by atoms with Crippen molar-refractivity contribution in [3.05, 3.63) is 11.6 Å². The minimum absolute atomic E-state index is 0.0151. The zero-order chi connectivity index (χ0) is 26.6. The maximum atomic E-state index is 12.7. The lowest BCUT2D eigenvalue weighted by Gasteiger charge is -2.26. The molecule has 1 fully saturated rings. The molecule has 35 heavy (non-hydrogen) atoms. The number of carbonyl (C=O) groups excluding carboxylic acids is 2. The van der Waals surface area contributed by atoms with E-state index in [-0.39, 0.29) is 49.5 Å². The third-order valence-electron chi connectivity index (χ3n) is 5.49. The van der Waals surface area contributed by atoms with Crippen LogP contribution in [0.2, 0.25) is 6.32 Å². The quantitative estimate of drug-likeness (QED) is 0.159. The molecule has 0 bridgehead atoms. The van der Waals surface area contributed by atoms with Crippen molar-refractivity contribution >= 4 is 18.9 Å². The van der Waals surface area contributed by atoms with Gasteiger partial charge in [0.15, 0.2) is 0 Å². The van der Waals surface area contributed by atoms with Crippen LogP contribution in [-0.4, -0.2) is 85.0 Å². The van der Waals surface area contributed by atoms with Gasteiger partial charge in [-0.2, -0.15) is 18.4 Å². The molecule has 9 nitrogen and oxygen atoms in total. The van der Waals surface area contributed by atoms with Crippen molar-refractivity contribution in [2.24, 2.45) is 11.8 Å². The Morgan fingerprint density at radius 1 is 1.31 bits per heavy atom. The van der Waals surface area contributed by atoms with Crippen LogP contribution in [0.25, 0.3) is 0 Å². The van der Waals surface area contributed by atoms with Crippen molar-refractivity contribution in [2.45, 2.75) is 64.6 Å². The lowest BCUT2D eigenvalue weighted by molar-refractivity contribution is -0.135. The van der Waals surface area contributed by atoms with Crippen molar-refractivity contribution < 1.29 is 37.5 Å². The Balaban J connectivity index is 2.69. The molecule has 198 valence electrons. The molecule has 0 unspecified atom stereocenters. The van der Waals surface area contributed by atoms with Crippen molar-refractivity contribution in [3.63, 3.8) is 0 Å². The largest absolute Gasteiger partial charge is 0.451 e. The smallest absolute Gasteiger partial charge is 0.427 e. The summed E-state index contributed by atoms with van der Waals surface area (Å²) >= 11 is 0. The van der Waals surface area contributed by atoms with Gasteiger partial charge in [-0.1, -0.05) is 33.3 Å². The summed E-state index contributed by atoms with van der Waals surface area (Å²) in [6.07, 6.45) is -1.08. The fraction of sp³-hybridized carbons (Fsp3) is 0.773. The zero-order valence-corrected chi connectivity index (χ0v) is 20.5. The molecule has 13 heteroatoms. The van der Waals surface area contributed by atoms with E-state index in [4.69, 9.17) is 14.8 Å². The van der Waals surface area contributed by atoms with E-state index in [9.17, 15) is 28.0 Å². The summed E-state index contributed by atoms with van der Waals surface area (Å²) in [5.74, 6) is -1.17. The van der Waals surface area contributed by atoms with Crippen LogP contribution in [0.1, 0.15) is 40.0 Å². The van der Waals surface area contributed by atoms with Crippen LogP contribution in [0.5, 0.6) is 0 Å². The SMILES string of the molecule is CC(C)C=C(C#N)C(=O)N1CCC[C@@H]1COC[C@H](NCC(F)(F)F)C(=O)NC[C@H](C)CCB(O)O. The van der Waals surface area contributed by atoms with E-state index in [2.05, 4.69) is 10.6 Å². The first-order chi connectivity index (χ1) is 16.3. The van der Waals surface area contributed by atoms with E-state index in [1.165, 1.54) is 4.90 Å². The van der Waals surface area contributed by atoms with E-state index in [0.717, 1.165) is 0 Å². The standard InChI is InChI=1S/C22H36BF3N4O5/c1-15(2)9-17(10-27)21(32)30-8-4-5-18(30)12-35-13-19(29-14-22(24,25)26)20(31)28-11-16(3)6-7-23(33)34/h9,15-16,18-19,29,33-34H,4-8,11-14H2,1-3H3,(H,28,31)/t16-,18-,19+/m1/s1. The van der Waals surface area contributed by atoms with Gasteiger partial charge >= 0.3 is 13.3 Å². The molecule has 2 amide bonds. The Labute approximate surface area is 204 Å². The maximum absolute atomic E-state index is 12.7. The van der Waals surface area contributed by atoms with E-state index in [1.54, 1.807) is 13.0 Å². The second-order valence-electron chi connectivity index (χ2n) is 9.23. The third-order valence-corrected chi connectivity index (χ3v) is 5.49. The normalized spacial score (nSPS) is 18.3. The highest BCUT2D eigenvalue weighted by atomic mass is 19.4. The Morgan fingerprint density at radius 3 is 2.57 bits per heavy atom. The van der Waals surface area contributed by atoms with Crippen molar-refractivity contribution in [2.75, 3.05) is 32.8 Å². The molecule has 0 radical (unpaired) electrons. The summed E-state index contributed by atoms with van der Waals surface area (Å²) < 4.78 is 43.7. The molecule has 0 aromatic rings. The van der Waals surface area contributed by atoms with Crippen LogP contribution in [0, 0.1) is 23.2 Å². The number of hydrogen-bond donors (Lipinski definition) is 4. The average molecular weight is 504 g/mol.